The number of aliphatic hydroxyl groups excluding tert-OH is 1. The molecule has 1 aromatic rings. The number of aromatic nitrogens is 1. The lowest BCUT2D eigenvalue weighted by molar-refractivity contribution is 0.227. The van der Waals surface area contributed by atoms with E-state index in [-0.39, 0.29) is 24.1 Å². The van der Waals surface area contributed by atoms with Crippen LogP contribution in [0.4, 0.5) is 4.79 Å². The van der Waals surface area contributed by atoms with E-state index in [1.54, 1.807) is 11.3 Å². The molecule has 1 atom stereocenters. The lowest BCUT2D eigenvalue weighted by Crippen LogP contribution is -2.41. The highest BCUT2D eigenvalue weighted by Gasteiger charge is 2.17. The third-order valence-electron chi connectivity index (χ3n) is 3.03. The zero-order valence-electron chi connectivity index (χ0n) is 12.7. The molecular weight excluding hydrogens is 274 g/mol. The lowest BCUT2D eigenvalue weighted by Gasteiger charge is -2.16. The van der Waals surface area contributed by atoms with Crippen molar-refractivity contribution in [2.45, 2.75) is 58.5 Å². The van der Waals surface area contributed by atoms with Crippen LogP contribution in [0, 0.1) is 0 Å². The molecule has 0 fully saturated rings. The maximum atomic E-state index is 11.7. The van der Waals surface area contributed by atoms with E-state index in [0.717, 1.165) is 17.1 Å². The highest BCUT2D eigenvalue weighted by molar-refractivity contribution is 7.09. The molecule has 1 aromatic heterocycles. The van der Waals surface area contributed by atoms with E-state index in [1.807, 2.05) is 12.3 Å². The molecule has 5 nitrogen and oxygen atoms in total. The molecule has 1 rings (SSSR count). The number of carbonyl (C=O) groups excluding carboxylic acids is 1. The molecule has 6 heteroatoms. The second kappa shape index (κ2) is 7.59. The van der Waals surface area contributed by atoms with E-state index < -0.39 is 0 Å². The molecule has 0 aromatic carbocycles. The fourth-order valence-electron chi connectivity index (χ4n) is 1.66. The Bertz CT molecular complexity index is 426. The molecule has 0 saturated heterocycles. The summed E-state index contributed by atoms with van der Waals surface area (Å²) in [4.78, 5) is 16.3. The molecule has 0 radical (unpaired) electrons. The molecule has 0 aliphatic heterocycles. The molecule has 2 amide bonds. The van der Waals surface area contributed by atoms with Crippen molar-refractivity contribution < 1.29 is 9.90 Å². The van der Waals surface area contributed by atoms with Gasteiger partial charge in [-0.1, -0.05) is 27.7 Å². The number of amides is 2. The molecule has 114 valence electrons. The number of hydrogen-bond donors (Lipinski definition) is 3. The van der Waals surface area contributed by atoms with E-state index >= 15 is 0 Å². The summed E-state index contributed by atoms with van der Waals surface area (Å²) in [5.41, 5.74) is 1.08. The van der Waals surface area contributed by atoms with Crippen LogP contribution in [-0.4, -0.2) is 28.8 Å². The van der Waals surface area contributed by atoms with Crippen LogP contribution in [0.5, 0.6) is 0 Å². The van der Waals surface area contributed by atoms with Gasteiger partial charge in [-0.15, -0.1) is 11.3 Å². The smallest absolute Gasteiger partial charge is 0.315 e. The topological polar surface area (TPSA) is 74.2 Å². The summed E-state index contributed by atoms with van der Waals surface area (Å²) in [7, 11) is 0. The van der Waals surface area contributed by atoms with Crippen molar-refractivity contribution in [3.05, 3.63) is 16.1 Å². The largest absolute Gasteiger partial charge is 0.396 e. The van der Waals surface area contributed by atoms with E-state index in [9.17, 15) is 4.79 Å². The Hall–Kier alpha value is -1.14. The predicted octanol–water partition coefficient (Wildman–Crippen LogP) is 2.40. The summed E-state index contributed by atoms with van der Waals surface area (Å²) in [6.45, 7) is 8.85. The first kappa shape index (κ1) is 16.9. The maximum absolute atomic E-state index is 11.7. The molecule has 3 N–H and O–H groups in total. The first-order valence-corrected chi connectivity index (χ1v) is 7.85. The van der Waals surface area contributed by atoms with Crippen LogP contribution in [0.2, 0.25) is 0 Å². The van der Waals surface area contributed by atoms with Crippen LogP contribution in [0.3, 0.4) is 0 Å². The lowest BCUT2D eigenvalue weighted by atomic mass is 9.93. The Balaban J connectivity index is 2.43. The zero-order chi connectivity index (χ0) is 15.2. The minimum atomic E-state index is -0.210. The van der Waals surface area contributed by atoms with Crippen molar-refractivity contribution in [3.63, 3.8) is 0 Å². The number of carbonyl (C=O) groups is 1. The Labute approximate surface area is 124 Å². The summed E-state index contributed by atoms with van der Waals surface area (Å²) in [6.07, 6.45) is 1.38. The maximum Gasteiger partial charge on any atom is 0.315 e. The third kappa shape index (κ3) is 5.46. The summed E-state index contributed by atoms with van der Waals surface area (Å²) in [5.74, 6) is 0. The molecule has 0 saturated carbocycles. The van der Waals surface area contributed by atoms with Crippen molar-refractivity contribution >= 4 is 17.4 Å². The first-order valence-electron chi connectivity index (χ1n) is 6.97. The van der Waals surface area contributed by atoms with E-state index in [2.05, 4.69) is 36.4 Å². The molecule has 1 heterocycles. The van der Waals surface area contributed by atoms with Gasteiger partial charge in [0.2, 0.25) is 0 Å². The van der Waals surface area contributed by atoms with Crippen LogP contribution in [-0.2, 0) is 12.0 Å². The van der Waals surface area contributed by atoms with Gasteiger partial charge in [-0.3, -0.25) is 0 Å². The Morgan fingerprint density at radius 3 is 2.70 bits per heavy atom. The van der Waals surface area contributed by atoms with Gasteiger partial charge >= 0.3 is 6.03 Å². The number of urea groups is 1. The zero-order valence-corrected chi connectivity index (χ0v) is 13.5. The standard InChI is InChI=1S/C14H25N3O2S/c1-5-10(6-7-18)16-13(19)15-8-12-17-11(9-20-12)14(2,3)4/h9-10,18H,5-8H2,1-4H3,(H2,15,16,19). The third-order valence-corrected chi connectivity index (χ3v) is 3.87. The van der Waals surface area contributed by atoms with Crippen molar-refractivity contribution in [2.24, 2.45) is 0 Å². The van der Waals surface area contributed by atoms with Crippen molar-refractivity contribution in [3.8, 4) is 0 Å². The van der Waals surface area contributed by atoms with E-state index in [4.69, 9.17) is 5.11 Å². The van der Waals surface area contributed by atoms with Crippen LogP contribution >= 0.6 is 11.3 Å². The molecule has 0 aliphatic rings. The van der Waals surface area contributed by atoms with Gasteiger partial charge in [-0.2, -0.15) is 0 Å². The molecule has 0 spiro atoms. The van der Waals surface area contributed by atoms with Crippen LogP contribution in [0.15, 0.2) is 5.38 Å². The van der Waals surface area contributed by atoms with Gasteiger partial charge in [0.05, 0.1) is 12.2 Å². The van der Waals surface area contributed by atoms with Gasteiger partial charge in [0.15, 0.2) is 0 Å². The van der Waals surface area contributed by atoms with Crippen LogP contribution in [0.25, 0.3) is 0 Å². The minimum absolute atomic E-state index is 0.0152. The minimum Gasteiger partial charge on any atom is -0.396 e. The highest BCUT2D eigenvalue weighted by Crippen LogP contribution is 2.23. The van der Waals surface area contributed by atoms with Crippen LogP contribution in [0.1, 0.15) is 51.2 Å². The van der Waals surface area contributed by atoms with E-state index in [1.165, 1.54) is 0 Å². The molecule has 1 unspecified atom stereocenters. The summed E-state index contributed by atoms with van der Waals surface area (Å²) in [6, 6.07) is -0.195. The van der Waals surface area contributed by atoms with Gasteiger partial charge in [-0.05, 0) is 12.8 Å². The molecule has 20 heavy (non-hydrogen) atoms. The van der Waals surface area contributed by atoms with E-state index in [0.29, 0.717) is 13.0 Å². The van der Waals surface area contributed by atoms with Gasteiger partial charge in [0, 0.05) is 23.4 Å². The predicted molar refractivity (Wildman–Crippen MR) is 82.0 cm³/mol. The Morgan fingerprint density at radius 1 is 1.50 bits per heavy atom. The monoisotopic (exact) mass is 299 g/mol. The number of aliphatic hydroxyl groups is 1. The van der Waals surface area contributed by atoms with Crippen molar-refractivity contribution in [2.75, 3.05) is 6.61 Å². The van der Waals surface area contributed by atoms with Crippen molar-refractivity contribution in [1.82, 2.24) is 15.6 Å². The number of nitrogens with one attached hydrogen (secondary N) is 2. The fourth-order valence-corrected chi connectivity index (χ4v) is 2.62. The Kier molecular flexibility index (Phi) is 6.42. The average molecular weight is 299 g/mol. The molecule has 0 aliphatic carbocycles. The SMILES string of the molecule is CCC(CCO)NC(=O)NCc1nc(C(C)(C)C)cs1. The second-order valence-electron chi connectivity index (χ2n) is 5.82. The number of hydrogen-bond acceptors (Lipinski definition) is 4. The quantitative estimate of drug-likeness (QED) is 0.755. The summed E-state index contributed by atoms with van der Waals surface area (Å²) in [5, 5.41) is 17.5. The second-order valence-corrected chi connectivity index (χ2v) is 6.76. The molecule has 0 bridgehead atoms. The van der Waals surface area contributed by atoms with Gasteiger partial charge in [-0.25, -0.2) is 9.78 Å². The fraction of sp³-hybridized carbons (Fsp3) is 0.714. The van der Waals surface area contributed by atoms with Gasteiger partial charge in [0.25, 0.3) is 0 Å². The average Bonchev–Trinajstić information content (AvgIpc) is 2.84. The van der Waals surface area contributed by atoms with Crippen LogP contribution < -0.4 is 10.6 Å². The van der Waals surface area contributed by atoms with Gasteiger partial charge < -0.3 is 15.7 Å². The number of nitrogens with zero attached hydrogens (tertiary/aromatic N) is 1. The number of thiazole rings is 1. The Morgan fingerprint density at radius 2 is 2.20 bits per heavy atom. The summed E-state index contributed by atoms with van der Waals surface area (Å²) >= 11 is 1.56. The van der Waals surface area contributed by atoms with Crippen molar-refractivity contribution in [1.29, 1.82) is 0 Å². The summed E-state index contributed by atoms with van der Waals surface area (Å²) < 4.78 is 0. The highest BCUT2D eigenvalue weighted by atomic mass is 32.1. The van der Waals surface area contributed by atoms with Gasteiger partial charge in [0.1, 0.15) is 5.01 Å². The normalized spacial score (nSPS) is 13.1. The molecular formula is C14H25N3O2S. The number of rotatable bonds is 6. The first-order chi connectivity index (χ1) is 9.36.